The van der Waals surface area contributed by atoms with Crippen LogP contribution >= 0.6 is 0 Å². The Bertz CT molecular complexity index is 1430. The molecule has 1 saturated heterocycles. The van der Waals surface area contributed by atoms with E-state index in [-0.39, 0.29) is 49.6 Å². The first-order valence-corrected chi connectivity index (χ1v) is 12.3. The first-order chi connectivity index (χ1) is 19.2. The number of hydrogen-bond donors (Lipinski definition) is 2. The van der Waals surface area contributed by atoms with Crippen LogP contribution in [0.15, 0.2) is 66.7 Å². The third kappa shape index (κ3) is 6.11. The van der Waals surface area contributed by atoms with Crippen LogP contribution in [0.1, 0.15) is 17.5 Å². The standard InChI is InChI=1S/C28H24F3N3O6/c29-28(30,31)21-3-1-2-4-22(21)33-25(35)15-38-20-8-6-19(7-9-20)34-14-18(12-26(34)36)27(37)32-13-17-5-10-23-24(11-17)40-16-39-23/h1-11,18H,12-16H2,(H,32,37)(H,33,35)/t18-/m0/s1. The number of nitrogens with one attached hydrogen (secondary N) is 2. The Morgan fingerprint density at radius 1 is 1.00 bits per heavy atom. The number of alkyl halides is 3. The molecule has 0 aromatic heterocycles. The molecule has 2 heterocycles. The molecule has 0 aliphatic carbocycles. The van der Waals surface area contributed by atoms with Crippen molar-refractivity contribution in [3.63, 3.8) is 0 Å². The number of benzene rings is 3. The van der Waals surface area contributed by atoms with Crippen LogP contribution in [-0.4, -0.2) is 37.7 Å². The van der Waals surface area contributed by atoms with Crippen LogP contribution in [0.2, 0.25) is 0 Å². The first-order valence-electron chi connectivity index (χ1n) is 12.3. The van der Waals surface area contributed by atoms with Gasteiger partial charge in [-0.25, -0.2) is 0 Å². The molecular formula is C28H24F3N3O6. The molecule has 0 bridgehead atoms. The second kappa shape index (κ2) is 11.2. The molecule has 40 heavy (non-hydrogen) atoms. The number of carbonyl (C=O) groups is 3. The summed E-state index contributed by atoms with van der Waals surface area (Å²) < 4.78 is 55.4. The molecule has 0 radical (unpaired) electrons. The molecule has 208 valence electrons. The van der Waals surface area contributed by atoms with Crippen molar-refractivity contribution in [2.24, 2.45) is 5.92 Å². The topological polar surface area (TPSA) is 106 Å². The molecule has 9 nitrogen and oxygen atoms in total. The zero-order chi connectivity index (χ0) is 28.3. The number of rotatable bonds is 8. The maximum atomic E-state index is 13.1. The maximum absolute atomic E-state index is 13.1. The van der Waals surface area contributed by atoms with Crippen molar-refractivity contribution in [2.45, 2.75) is 19.1 Å². The average molecular weight is 556 g/mol. The Morgan fingerprint density at radius 3 is 2.52 bits per heavy atom. The van der Waals surface area contributed by atoms with Gasteiger partial charge in [0.2, 0.25) is 18.6 Å². The van der Waals surface area contributed by atoms with E-state index in [0.717, 1.165) is 17.7 Å². The molecule has 1 atom stereocenters. The van der Waals surface area contributed by atoms with Crippen molar-refractivity contribution in [1.29, 1.82) is 0 Å². The summed E-state index contributed by atoms with van der Waals surface area (Å²) in [6, 6.07) is 16.3. The van der Waals surface area contributed by atoms with Crippen LogP contribution in [0.25, 0.3) is 0 Å². The van der Waals surface area contributed by atoms with Gasteiger partial charge in [0.15, 0.2) is 18.1 Å². The Hall–Kier alpha value is -4.74. The molecule has 2 aliphatic rings. The zero-order valence-electron chi connectivity index (χ0n) is 21.0. The third-order valence-electron chi connectivity index (χ3n) is 6.42. The van der Waals surface area contributed by atoms with E-state index in [0.29, 0.717) is 17.2 Å². The summed E-state index contributed by atoms with van der Waals surface area (Å²) in [5.41, 5.74) is 0.0727. The first kappa shape index (κ1) is 26.9. The molecule has 2 aliphatic heterocycles. The molecule has 0 unspecified atom stereocenters. The van der Waals surface area contributed by atoms with Gasteiger partial charge in [-0.2, -0.15) is 13.2 Å². The van der Waals surface area contributed by atoms with Crippen molar-refractivity contribution in [1.82, 2.24) is 5.32 Å². The molecule has 5 rings (SSSR count). The summed E-state index contributed by atoms with van der Waals surface area (Å²) in [6.07, 6.45) is -4.55. The smallest absolute Gasteiger partial charge is 0.418 e. The Morgan fingerprint density at radius 2 is 1.75 bits per heavy atom. The van der Waals surface area contributed by atoms with Crippen LogP contribution in [0.4, 0.5) is 24.5 Å². The predicted octanol–water partition coefficient (Wildman–Crippen LogP) is 4.12. The van der Waals surface area contributed by atoms with Gasteiger partial charge in [-0.3, -0.25) is 14.4 Å². The van der Waals surface area contributed by atoms with E-state index < -0.39 is 30.2 Å². The van der Waals surface area contributed by atoms with Crippen LogP contribution < -0.4 is 29.7 Å². The van der Waals surface area contributed by atoms with Crippen LogP contribution in [0, 0.1) is 5.92 Å². The van der Waals surface area contributed by atoms with E-state index in [1.54, 1.807) is 24.3 Å². The highest BCUT2D eigenvalue weighted by Gasteiger charge is 2.35. The van der Waals surface area contributed by atoms with Crippen molar-refractivity contribution in [3.8, 4) is 17.2 Å². The van der Waals surface area contributed by atoms with Gasteiger partial charge in [-0.1, -0.05) is 18.2 Å². The van der Waals surface area contributed by atoms with E-state index in [1.807, 2.05) is 6.07 Å². The molecule has 2 N–H and O–H groups in total. The molecule has 12 heteroatoms. The van der Waals surface area contributed by atoms with E-state index in [2.05, 4.69) is 10.6 Å². The van der Waals surface area contributed by atoms with Gasteiger partial charge < -0.3 is 29.7 Å². The monoisotopic (exact) mass is 555 g/mol. The molecule has 0 saturated carbocycles. The van der Waals surface area contributed by atoms with Gasteiger partial charge in [0, 0.05) is 25.2 Å². The summed E-state index contributed by atoms with van der Waals surface area (Å²) in [5.74, 6) is -0.183. The minimum atomic E-state index is -4.61. The molecule has 0 spiro atoms. The lowest BCUT2D eigenvalue weighted by Crippen LogP contribution is -2.32. The van der Waals surface area contributed by atoms with Crippen molar-refractivity contribution in [3.05, 3.63) is 77.9 Å². The minimum Gasteiger partial charge on any atom is -0.484 e. The highest BCUT2D eigenvalue weighted by Crippen LogP contribution is 2.35. The van der Waals surface area contributed by atoms with Gasteiger partial charge in [-0.05, 0) is 54.1 Å². The summed E-state index contributed by atoms with van der Waals surface area (Å²) in [4.78, 5) is 39.0. The Kier molecular flexibility index (Phi) is 7.50. The minimum absolute atomic E-state index is 0.0603. The number of para-hydroxylation sites is 1. The van der Waals surface area contributed by atoms with E-state index in [1.165, 1.54) is 29.2 Å². The number of fused-ring (bicyclic) bond motifs is 1. The number of carbonyl (C=O) groups excluding carboxylic acids is 3. The normalized spacial score (nSPS) is 16.1. The number of amides is 3. The van der Waals surface area contributed by atoms with Gasteiger partial charge in [-0.15, -0.1) is 0 Å². The van der Waals surface area contributed by atoms with Crippen molar-refractivity contribution < 1.29 is 41.8 Å². The second-order valence-corrected chi connectivity index (χ2v) is 9.18. The molecule has 3 aromatic carbocycles. The van der Waals surface area contributed by atoms with Crippen LogP contribution in [0.3, 0.4) is 0 Å². The molecule has 3 aromatic rings. The lowest BCUT2D eigenvalue weighted by Gasteiger charge is -2.17. The highest BCUT2D eigenvalue weighted by atomic mass is 19.4. The fraction of sp³-hybridized carbons (Fsp3) is 0.250. The fourth-order valence-corrected chi connectivity index (χ4v) is 4.41. The SMILES string of the molecule is O=C(COc1ccc(N2C[C@@H](C(=O)NCc3ccc4c(c3)OCO4)CC2=O)cc1)Nc1ccccc1C(F)(F)F. The molecule has 3 amide bonds. The largest absolute Gasteiger partial charge is 0.484 e. The van der Waals surface area contributed by atoms with Crippen molar-refractivity contribution >= 4 is 29.1 Å². The highest BCUT2D eigenvalue weighted by molar-refractivity contribution is 6.00. The van der Waals surface area contributed by atoms with Crippen LogP contribution in [-0.2, 0) is 27.1 Å². The van der Waals surface area contributed by atoms with Crippen LogP contribution in [0.5, 0.6) is 17.2 Å². The number of nitrogens with zero attached hydrogens (tertiary/aromatic N) is 1. The Labute approximate surface area is 226 Å². The lowest BCUT2D eigenvalue weighted by molar-refractivity contribution is -0.137. The summed E-state index contributed by atoms with van der Waals surface area (Å²) >= 11 is 0. The predicted molar refractivity (Wildman–Crippen MR) is 137 cm³/mol. The van der Waals surface area contributed by atoms with Gasteiger partial charge >= 0.3 is 6.18 Å². The number of hydrogen-bond acceptors (Lipinski definition) is 6. The molecular weight excluding hydrogens is 531 g/mol. The third-order valence-corrected chi connectivity index (χ3v) is 6.42. The fourth-order valence-electron chi connectivity index (χ4n) is 4.41. The van der Waals surface area contributed by atoms with E-state index in [9.17, 15) is 27.6 Å². The molecule has 1 fully saturated rings. The number of anilines is 2. The van der Waals surface area contributed by atoms with E-state index >= 15 is 0 Å². The number of halogens is 3. The number of ether oxygens (including phenoxy) is 3. The second-order valence-electron chi connectivity index (χ2n) is 9.18. The Balaban J connectivity index is 1.11. The quantitative estimate of drug-likeness (QED) is 0.433. The van der Waals surface area contributed by atoms with Gasteiger partial charge in [0.05, 0.1) is 17.2 Å². The average Bonchev–Trinajstić information content (AvgIpc) is 3.57. The summed E-state index contributed by atoms with van der Waals surface area (Å²) in [5, 5.41) is 5.07. The van der Waals surface area contributed by atoms with E-state index in [4.69, 9.17) is 14.2 Å². The van der Waals surface area contributed by atoms with Gasteiger partial charge in [0.25, 0.3) is 5.91 Å². The van der Waals surface area contributed by atoms with Gasteiger partial charge in [0.1, 0.15) is 5.75 Å². The van der Waals surface area contributed by atoms with Crippen molar-refractivity contribution in [2.75, 3.05) is 30.2 Å². The summed E-state index contributed by atoms with van der Waals surface area (Å²) in [7, 11) is 0. The zero-order valence-corrected chi connectivity index (χ0v) is 21.0. The maximum Gasteiger partial charge on any atom is 0.418 e. The lowest BCUT2D eigenvalue weighted by atomic mass is 10.1. The summed E-state index contributed by atoms with van der Waals surface area (Å²) in [6.45, 7) is 0.127.